The fourth-order valence-electron chi connectivity index (χ4n) is 3.22. The average Bonchev–Trinajstić information content (AvgIpc) is 3.29. The van der Waals surface area contributed by atoms with E-state index in [-0.39, 0.29) is 11.7 Å². The molecule has 4 rings (SSSR count). The van der Waals surface area contributed by atoms with Crippen LogP contribution in [0, 0.1) is 5.92 Å². The molecule has 1 amide bonds. The first kappa shape index (κ1) is 16.7. The summed E-state index contributed by atoms with van der Waals surface area (Å²) in [5.41, 5.74) is 1.21. The minimum absolute atomic E-state index is 0.238. The number of hydrogen-bond acceptors (Lipinski definition) is 5. The molecule has 0 unspecified atom stereocenters. The SMILES string of the molecule is COc1cccc2cc(C(=O)Nc3cnn(CC4CCOCC4)c3)oc12. The van der Waals surface area contributed by atoms with Crippen molar-refractivity contribution in [1.82, 2.24) is 9.78 Å². The number of amides is 1. The van der Waals surface area contributed by atoms with Crippen molar-refractivity contribution in [3.63, 3.8) is 0 Å². The number of aromatic nitrogens is 2. The van der Waals surface area contributed by atoms with Crippen molar-refractivity contribution in [2.45, 2.75) is 19.4 Å². The Bertz CT molecular complexity index is 909. The standard InChI is InChI=1S/C19H21N3O4/c1-24-16-4-2-3-14-9-17(26-18(14)16)19(23)21-15-10-20-22(12-15)11-13-5-7-25-8-6-13/h2-4,9-10,12-13H,5-8,11H2,1H3,(H,21,23). The highest BCUT2D eigenvalue weighted by Crippen LogP contribution is 2.28. The van der Waals surface area contributed by atoms with Crippen LogP contribution in [-0.4, -0.2) is 36.0 Å². The van der Waals surface area contributed by atoms with E-state index in [4.69, 9.17) is 13.9 Å². The highest BCUT2D eigenvalue weighted by molar-refractivity contribution is 6.05. The minimum atomic E-state index is -0.311. The van der Waals surface area contributed by atoms with Crippen LogP contribution in [0.4, 0.5) is 5.69 Å². The summed E-state index contributed by atoms with van der Waals surface area (Å²) < 4.78 is 18.2. The molecular weight excluding hydrogens is 334 g/mol. The molecule has 0 radical (unpaired) electrons. The molecule has 1 aliphatic rings. The monoisotopic (exact) mass is 355 g/mol. The second kappa shape index (κ2) is 7.21. The van der Waals surface area contributed by atoms with Crippen LogP contribution in [0.5, 0.6) is 5.75 Å². The number of benzene rings is 1. The molecule has 1 N–H and O–H groups in total. The van der Waals surface area contributed by atoms with Gasteiger partial charge in [0.05, 0.1) is 19.0 Å². The number of rotatable bonds is 5. The summed E-state index contributed by atoms with van der Waals surface area (Å²) in [7, 11) is 1.57. The van der Waals surface area contributed by atoms with Crippen LogP contribution in [-0.2, 0) is 11.3 Å². The normalized spacial score (nSPS) is 15.3. The Labute approximate surface area is 150 Å². The van der Waals surface area contributed by atoms with Gasteiger partial charge in [-0.25, -0.2) is 0 Å². The average molecular weight is 355 g/mol. The van der Waals surface area contributed by atoms with Gasteiger partial charge in [-0.1, -0.05) is 12.1 Å². The second-order valence-corrected chi connectivity index (χ2v) is 6.45. The van der Waals surface area contributed by atoms with Crippen LogP contribution in [0.25, 0.3) is 11.0 Å². The van der Waals surface area contributed by atoms with Crippen LogP contribution in [0.3, 0.4) is 0 Å². The van der Waals surface area contributed by atoms with Crippen molar-refractivity contribution in [1.29, 1.82) is 0 Å². The predicted molar refractivity (Wildman–Crippen MR) is 96.5 cm³/mol. The summed E-state index contributed by atoms with van der Waals surface area (Å²) in [5.74, 6) is 1.09. The number of anilines is 1. The zero-order valence-electron chi connectivity index (χ0n) is 14.6. The maximum Gasteiger partial charge on any atom is 0.291 e. The number of fused-ring (bicyclic) bond motifs is 1. The quantitative estimate of drug-likeness (QED) is 0.760. The molecule has 7 nitrogen and oxygen atoms in total. The van der Waals surface area contributed by atoms with Gasteiger partial charge < -0.3 is 19.2 Å². The summed E-state index contributed by atoms with van der Waals surface area (Å²) in [6, 6.07) is 7.25. The van der Waals surface area contributed by atoms with Gasteiger partial charge in [-0.05, 0) is 30.9 Å². The van der Waals surface area contributed by atoms with Crippen molar-refractivity contribution in [2.75, 3.05) is 25.6 Å². The molecule has 0 saturated carbocycles. The van der Waals surface area contributed by atoms with E-state index < -0.39 is 0 Å². The number of carbonyl (C=O) groups is 1. The number of ether oxygens (including phenoxy) is 2. The number of nitrogens with one attached hydrogen (secondary N) is 1. The lowest BCUT2D eigenvalue weighted by atomic mass is 10.0. The van der Waals surface area contributed by atoms with E-state index in [9.17, 15) is 4.79 Å². The van der Waals surface area contributed by atoms with Gasteiger partial charge in [-0.3, -0.25) is 9.48 Å². The molecule has 1 saturated heterocycles. The number of nitrogens with zero attached hydrogens (tertiary/aromatic N) is 2. The number of methoxy groups -OCH3 is 1. The van der Waals surface area contributed by atoms with Gasteiger partial charge in [-0.2, -0.15) is 5.10 Å². The van der Waals surface area contributed by atoms with Gasteiger partial charge in [0.2, 0.25) is 0 Å². The number of hydrogen-bond donors (Lipinski definition) is 1. The fraction of sp³-hybridized carbons (Fsp3) is 0.368. The molecule has 0 atom stereocenters. The van der Waals surface area contributed by atoms with Gasteiger partial charge in [-0.15, -0.1) is 0 Å². The van der Waals surface area contributed by atoms with Crippen LogP contribution < -0.4 is 10.1 Å². The number of furan rings is 1. The Balaban J connectivity index is 1.45. The van der Waals surface area contributed by atoms with Crippen molar-refractivity contribution >= 4 is 22.6 Å². The zero-order chi connectivity index (χ0) is 17.9. The van der Waals surface area contributed by atoms with Crippen molar-refractivity contribution in [3.8, 4) is 5.75 Å². The summed E-state index contributed by atoms with van der Waals surface area (Å²) in [5, 5.41) is 7.99. The van der Waals surface area contributed by atoms with Crippen LogP contribution in [0.2, 0.25) is 0 Å². The molecule has 0 aliphatic carbocycles. The Hall–Kier alpha value is -2.80. The van der Waals surface area contributed by atoms with Gasteiger partial charge in [0.1, 0.15) is 0 Å². The third kappa shape index (κ3) is 3.43. The lowest BCUT2D eigenvalue weighted by Gasteiger charge is -2.21. The zero-order valence-corrected chi connectivity index (χ0v) is 14.6. The molecule has 1 aliphatic heterocycles. The van der Waals surface area contributed by atoms with Crippen molar-refractivity contribution in [3.05, 3.63) is 42.4 Å². The number of para-hydroxylation sites is 1. The van der Waals surface area contributed by atoms with Gasteiger partial charge in [0.25, 0.3) is 5.91 Å². The van der Waals surface area contributed by atoms with E-state index in [0.717, 1.165) is 38.0 Å². The smallest absolute Gasteiger partial charge is 0.291 e. The molecule has 26 heavy (non-hydrogen) atoms. The molecular formula is C19H21N3O4. The molecule has 3 heterocycles. The molecule has 0 bridgehead atoms. The predicted octanol–water partition coefficient (Wildman–Crippen LogP) is 3.32. The third-order valence-corrected chi connectivity index (χ3v) is 4.63. The highest BCUT2D eigenvalue weighted by Gasteiger charge is 2.17. The van der Waals surface area contributed by atoms with E-state index in [2.05, 4.69) is 10.4 Å². The molecule has 136 valence electrons. The van der Waals surface area contributed by atoms with Gasteiger partial charge in [0.15, 0.2) is 17.1 Å². The summed E-state index contributed by atoms with van der Waals surface area (Å²) in [4.78, 5) is 12.5. The summed E-state index contributed by atoms with van der Waals surface area (Å²) >= 11 is 0. The molecule has 1 fully saturated rings. The van der Waals surface area contributed by atoms with Gasteiger partial charge in [0, 0.05) is 31.3 Å². The topological polar surface area (TPSA) is 78.5 Å². The fourth-order valence-corrected chi connectivity index (χ4v) is 3.22. The Morgan fingerprint density at radius 1 is 1.38 bits per heavy atom. The van der Waals surface area contributed by atoms with Crippen LogP contribution in [0.15, 0.2) is 41.1 Å². The second-order valence-electron chi connectivity index (χ2n) is 6.45. The molecule has 3 aromatic rings. The maximum atomic E-state index is 12.5. The van der Waals surface area contributed by atoms with Crippen molar-refractivity contribution in [2.24, 2.45) is 5.92 Å². The highest BCUT2D eigenvalue weighted by atomic mass is 16.5. The lowest BCUT2D eigenvalue weighted by Crippen LogP contribution is -2.20. The first-order valence-corrected chi connectivity index (χ1v) is 8.71. The van der Waals surface area contributed by atoms with Gasteiger partial charge >= 0.3 is 0 Å². The maximum absolute atomic E-state index is 12.5. The first-order chi connectivity index (χ1) is 12.7. The molecule has 2 aromatic heterocycles. The van der Waals surface area contributed by atoms with E-state index in [1.807, 2.05) is 23.0 Å². The molecule has 0 spiro atoms. The van der Waals surface area contributed by atoms with E-state index in [1.54, 1.807) is 25.4 Å². The van der Waals surface area contributed by atoms with Crippen molar-refractivity contribution < 1.29 is 18.7 Å². The summed E-state index contributed by atoms with van der Waals surface area (Å²) in [6.45, 7) is 2.46. The Kier molecular flexibility index (Phi) is 4.62. The summed E-state index contributed by atoms with van der Waals surface area (Å²) in [6.07, 6.45) is 5.59. The van der Waals surface area contributed by atoms with E-state index in [0.29, 0.717) is 22.9 Å². The largest absolute Gasteiger partial charge is 0.493 e. The molecule has 7 heteroatoms. The van der Waals surface area contributed by atoms with Crippen LogP contribution >= 0.6 is 0 Å². The minimum Gasteiger partial charge on any atom is -0.493 e. The first-order valence-electron chi connectivity index (χ1n) is 8.71. The van der Waals surface area contributed by atoms with Crippen LogP contribution in [0.1, 0.15) is 23.4 Å². The molecule has 1 aromatic carbocycles. The third-order valence-electron chi connectivity index (χ3n) is 4.63. The van der Waals surface area contributed by atoms with E-state index >= 15 is 0 Å². The Morgan fingerprint density at radius 3 is 3.04 bits per heavy atom. The lowest BCUT2D eigenvalue weighted by molar-refractivity contribution is 0.0601. The number of carbonyl (C=O) groups excluding carboxylic acids is 1. The van der Waals surface area contributed by atoms with E-state index in [1.165, 1.54) is 0 Å². The Morgan fingerprint density at radius 2 is 2.23 bits per heavy atom.